The van der Waals surface area contributed by atoms with Crippen molar-refractivity contribution in [2.24, 2.45) is 33.8 Å². The molecule has 0 unspecified atom stereocenters. The molecule has 1 fully saturated rings. The summed E-state index contributed by atoms with van der Waals surface area (Å²) in [4.78, 5) is 137. The van der Waals surface area contributed by atoms with Crippen molar-refractivity contribution in [2.45, 2.75) is 126 Å². The van der Waals surface area contributed by atoms with Gasteiger partial charge in [0, 0.05) is 25.3 Å². The number of aromatic hydroxyl groups is 1. The van der Waals surface area contributed by atoms with Gasteiger partial charge >= 0.3 is 11.9 Å². The van der Waals surface area contributed by atoms with Crippen LogP contribution >= 0.6 is 12.6 Å². The molecular weight excluding hydrogens is 983 g/mol. The molecule has 1 aromatic carbocycles. The molecule has 0 aromatic heterocycles. The molecule has 1 aromatic rings. The van der Waals surface area contributed by atoms with Crippen LogP contribution in [0.5, 0.6) is 5.75 Å². The maximum atomic E-state index is 13.9. The van der Waals surface area contributed by atoms with Crippen molar-refractivity contribution in [3.63, 3.8) is 0 Å². The Labute approximate surface area is 426 Å². The highest BCUT2D eigenvalue weighted by Gasteiger charge is 2.40. The Morgan fingerprint density at radius 3 is 1.74 bits per heavy atom. The number of unbranched alkanes of at least 4 members (excludes halogenated alkanes) is 1. The lowest BCUT2D eigenvalue weighted by molar-refractivity contribution is -0.144. The number of carbonyl (C=O) groups is 10. The van der Waals surface area contributed by atoms with Crippen LogP contribution in [0.1, 0.15) is 70.8 Å². The van der Waals surface area contributed by atoms with Crippen molar-refractivity contribution < 1.29 is 73.5 Å². The number of nitrogens with two attached hydrogens (primary N) is 4. The number of rotatable bonds is 32. The number of nitrogens with one attached hydrogen (secondary N) is 7. The third-order valence-corrected chi connectivity index (χ3v) is 11.8. The van der Waals surface area contributed by atoms with Crippen LogP contribution in [0.4, 0.5) is 0 Å². The highest BCUT2D eigenvalue weighted by Crippen LogP contribution is 2.20. The molecule has 9 atom stereocenters. The number of carboxylic acids is 2. The van der Waals surface area contributed by atoms with Gasteiger partial charge < -0.3 is 90.6 Å². The molecule has 0 spiro atoms. The van der Waals surface area contributed by atoms with Crippen molar-refractivity contribution in [3.05, 3.63) is 29.8 Å². The number of aliphatic carboxylic acids is 2. The fraction of sp³-hybridized carbons (Fsp3) is 0.614. The molecule has 1 saturated heterocycles. The summed E-state index contributed by atoms with van der Waals surface area (Å²) in [5.41, 5.74) is 22.8. The number of aliphatic imine (C=N–C) groups is 1. The summed E-state index contributed by atoms with van der Waals surface area (Å²) >= 11 is 4.21. The first-order valence-corrected chi connectivity index (χ1v) is 24.1. The Balaban J connectivity index is 2.33. The zero-order valence-electron chi connectivity index (χ0n) is 40.7. The number of likely N-dealkylation sites (tertiary alicyclic amines) is 1. The third-order valence-electron chi connectivity index (χ3n) is 11.4. The van der Waals surface area contributed by atoms with Gasteiger partial charge in [-0.25, -0.2) is 4.79 Å². The van der Waals surface area contributed by atoms with E-state index in [-0.39, 0.29) is 68.6 Å². The van der Waals surface area contributed by atoms with E-state index in [0.29, 0.717) is 31.4 Å². The van der Waals surface area contributed by atoms with E-state index in [1.54, 1.807) is 13.8 Å². The molecule has 73 heavy (non-hydrogen) atoms. The number of aliphatic hydroxyl groups is 2. The van der Waals surface area contributed by atoms with E-state index < -0.39 is 133 Å². The number of guanidine groups is 1. The zero-order valence-corrected chi connectivity index (χ0v) is 41.6. The van der Waals surface area contributed by atoms with E-state index in [9.17, 15) is 73.5 Å². The Morgan fingerprint density at radius 1 is 0.699 bits per heavy atom. The minimum Gasteiger partial charge on any atom is -0.508 e. The minimum absolute atomic E-state index is 0.0117. The number of hydrogen-bond acceptors (Lipinski definition) is 17. The van der Waals surface area contributed by atoms with Gasteiger partial charge in [0.2, 0.25) is 47.3 Å². The van der Waals surface area contributed by atoms with Gasteiger partial charge in [0.15, 0.2) is 5.96 Å². The Bertz CT molecular complexity index is 2100. The molecule has 0 bridgehead atoms. The Kier molecular flexibility index (Phi) is 27.0. The topological polar surface area (TPSA) is 476 Å². The van der Waals surface area contributed by atoms with Crippen LogP contribution in [-0.2, 0) is 54.4 Å². The maximum absolute atomic E-state index is 13.9. The summed E-state index contributed by atoms with van der Waals surface area (Å²) in [6.07, 6.45) is -0.154. The molecule has 1 heterocycles. The summed E-state index contributed by atoms with van der Waals surface area (Å²) in [6, 6.07) is -8.01. The second kappa shape index (κ2) is 31.6. The Hall–Kier alpha value is -6.82. The summed E-state index contributed by atoms with van der Waals surface area (Å²) in [6.45, 7) is 1.78. The highest BCUT2D eigenvalue weighted by atomic mass is 32.1. The van der Waals surface area contributed by atoms with Crippen molar-refractivity contribution >= 4 is 77.8 Å². The van der Waals surface area contributed by atoms with Gasteiger partial charge in [0.25, 0.3) is 0 Å². The van der Waals surface area contributed by atoms with Gasteiger partial charge in [0.05, 0.1) is 25.7 Å². The molecule has 28 nitrogen and oxygen atoms in total. The number of carbonyl (C=O) groups excluding carboxylic acids is 8. The van der Waals surface area contributed by atoms with Crippen molar-refractivity contribution in [1.29, 1.82) is 0 Å². The van der Waals surface area contributed by atoms with Crippen LogP contribution in [-0.4, -0.2) is 189 Å². The first-order chi connectivity index (χ1) is 34.5. The number of carboxylic acid groups (broad SMARTS) is 2. The van der Waals surface area contributed by atoms with Gasteiger partial charge in [-0.1, -0.05) is 26.0 Å². The van der Waals surface area contributed by atoms with Gasteiger partial charge in [0.1, 0.15) is 54.1 Å². The molecule has 0 radical (unpaired) electrons. The highest BCUT2D eigenvalue weighted by molar-refractivity contribution is 7.80. The molecule has 2 rings (SSSR count). The average molecular weight is 1050 g/mol. The van der Waals surface area contributed by atoms with Crippen molar-refractivity contribution in [1.82, 2.24) is 42.1 Å². The van der Waals surface area contributed by atoms with Crippen LogP contribution < -0.4 is 60.2 Å². The number of nitrogens with zero attached hydrogens (tertiary/aromatic N) is 2. The number of phenolic OH excluding ortho intramolecular Hbond substituents is 1. The first kappa shape index (κ1) is 62.3. The number of thiol groups is 1. The summed E-state index contributed by atoms with van der Waals surface area (Å²) in [7, 11) is 0. The van der Waals surface area contributed by atoms with E-state index in [4.69, 9.17) is 22.9 Å². The summed E-state index contributed by atoms with van der Waals surface area (Å²) in [5.74, 6) is -11.8. The van der Waals surface area contributed by atoms with Gasteiger partial charge in [-0.2, -0.15) is 12.6 Å². The van der Waals surface area contributed by atoms with Gasteiger partial charge in [-0.15, -0.1) is 0 Å². The van der Waals surface area contributed by atoms with Crippen LogP contribution in [0.15, 0.2) is 29.3 Å². The first-order valence-electron chi connectivity index (χ1n) is 23.5. The standard InChI is InChI=1S/C44H71N13O15S/c1-22(2)34(46)41(69)51-25(7-3-4-14-45)36(64)54-29(19-58)42(70)57-16-6-9-32(57)40(68)56-31(21-73)39(67)50-26(8-5-15-49-44(47)48)35(63)53-28(18-33(61)62)38(66)52-27(17-23-10-12-24(60)13-11-23)37(65)55-30(20-59)43(71)72/h10-13,22,25-32,34,58-60,73H,3-9,14-21,45-46H2,1-2H3,(H,50,67)(H,51,69)(H,52,66)(H,53,63)(H,54,64)(H,55,65)(H,56,68)(H,61,62)(H,71,72)(H4,47,48,49)/t25-,26-,27-,28-,29-,30-,31-,32-,34-/m0/s1. The van der Waals surface area contributed by atoms with E-state index in [2.05, 4.69) is 54.8 Å². The lowest BCUT2D eigenvalue weighted by Crippen LogP contribution is -2.61. The molecule has 1 aliphatic rings. The van der Waals surface area contributed by atoms with Crippen molar-refractivity contribution in [2.75, 3.05) is 38.6 Å². The van der Waals surface area contributed by atoms with Crippen LogP contribution in [0.2, 0.25) is 0 Å². The molecule has 408 valence electrons. The summed E-state index contributed by atoms with van der Waals surface area (Å²) < 4.78 is 0. The van der Waals surface area contributed by atoms with Crippen molar-refractivity contribution in [3.8, 4) is 5.75 Å². The van der Waals surface area contributed by atoms with E-state index in [1.165, 1.54) is 24.3 Å². The predicted octanol–water partition coefficient (Wildman–Crippen LogP) is -6.04. The zero-order chi connectivity index (χ0) is 54.9. The van der Waals surface area contributed by atoms with E-state index in [1.807, 2.05) is 0 Å². The normalized spacial score (nSPS) is 16.4. The molecule has 1 aliphatic heterocycles. The van der Waals surface area contributed by atoms with Gasteiger partial charge in [-0.05, 0) is 75.1 Å². The largest absolute Gasteiger partial charge is 0.508 e. The number of phenols is 1. The number of hydrogen-bond donors (Lipinski definition) is 17. The molecule has 20 N–H and O–H groups in total. The number of amides is 8. The summed E-state index contributed by atoms with van der Waals surface area (Å²) in [5, 5.41) is 65.2. The monoisotopic (exact) mass is 1050 g/mol. The SMILES string of the molecule is CC(C)[C@H](N)C(=O)N[C@@H](CCCCN)C(=O)N[C@@H](CO)C(=O)N1CCC[C@H]1C(=O)N[C@@H](CS)C(=O)N[C@@H](CCCN=C(N)N)C(=O)N[C@@H](CC(=O)O)C(=O)N[C@@H](Cc1ccc(O)cc1)C(=O)N[C@@H](CO)C(=O)O. The molecule has 0 aliphatic carbocycles. The second-order valence-corrected chi connectivity index (χ2v) is 17.8. The fourth-order valence-corrected chi connectivity index (χ4v) is 7.52. The second-order valence-electron chi connectivity index (χ2n) is 17.5. The molecular formula is C44H71N13O15S. The number of benzene rings is 1. The quantitative estimate of drug-likeness (QED) is 0.0138. The molecule has 8 amide bonds. The van der Waals surface area contributed by atoms with Crippen LogP contribution in [0, 0.1) is 5.92 Å². The van der Waals surface area contributed by atoms with Gasteiger partial charge in [-0.3, -0.25) is 48.1 Å². The maximum Gasteiger partial charge on any atom is 0.328 e. The van der Waals surface area contributed by atoms with Crippen LogP contribution in [0.25, 0.3) is 0 Å². The third kappa shape index (κ3) is 21.0. The predicted molar refractivity (Wildman–Crippen MR) is 264 cm³/mol. The average Bonchev–Trinajstić information content (AvgIpc) is 3.84. The minimum atomic E-state index is -1.94. The van der Waals surface area contributed by atoms with E-state index in [0.717, 1.165) is 4.90 Å². The van der Waals surface area contributed by atoms with E-state index >= 15 is 0 Å². The molecule has 0 saturated carbocycles. The lowest BCUT2D eigenvalue weighted by atomic mass is 10.0. The smallest absolute Gasteiger partial charge is 0.328 e. The Morgan fingerprint density at radius 2 is 1.21 bits per heavy atom. The number of aliphatic hydroxyl groups excluding tert-OH is 2. The lowest BCUT2D eigenvalue weighted by Gasteiger charge is -2.30. The fourth-order valence-electron chi connectivity index (χ4n) is 7.26. The molecule has 29 heteroatoms. The van der Waals surface area contributed by atoms with Crippen LogP contribution in [0.3, 0.4) is 0 Å².